The fraction of sp³-hybridized carbons (Fsp3) is 0.350. The van der Waals surface area contributed by atoms with E-state index in [0.717, 1.165) is 48.2 Å². The number of anilines is 1. The normalized spacial score (nSPS) is 20.1. The van der Waals surface area contributed by atoms with Gasteiger partial charge in [0.25, 0.3) is 5.89 Å². The highest BCUT2D eigenvalue weighted by atomic mass is 16.5. The van der Waals surface area contributed by atoms with Gasteiger partial charge in [-0.3, -0.25) is 0 Å². The molecule has 0 saturated heterocycles. The number of benzene rings is 1. The van der Waals surface area contributed by atoms with Crippen molar-refractivity contribution in [2.24, 2.45) is 0 Å². The highest BCUT2D eigenvalue weighted by Gasteiger charge is 2.19. The Labute approximate surface area is 152 Å². The lowest BCUT2D eigenvalue weighted by atomic mass is 9.93. The van der Waals surface area contributed by atoms with Crippen molar-refractivity contribution in [2.45, 2.75) is 44.8 Å². The fourth-order valence-electron chi connectivity index (χ4n) is 3.31. The molecule has 1 aliphatic rings. The Morgan fingerprint density at radius 1 is 1.08 bits per heavy atom. The number of aromatic nitrogens is 3. The van der Waals surface area contributed by atoms with Gasteiger partial charge in [0.05, 0.1) is 11.7 Å². The molecule has 0 aliphatic heterocycles. The van der Waals surface area contributed by atoms with Crippen LogP contribution in [0.1, 0.15) is 31.2 Å². The monoisotopic (exact) mass is 350 g/mol. The molecule has 3 aromatic rings. The number of nitrogens with zero attached hydrogens (tertiary/aromatic N) is 3. The van der Waals surface area contributed by atoms with Crippen LogP contribution in [0.25, 0.3) is 22.8 Å². The Hall–Kier alpha value is -2.73. The summed E-state index contributed by atoms with van der Waals surface area (Å²) in [5.41, 5.74) is 2.87. The van der Waals surface area contributed by atoms with Crippen LogP contribution >= 0.6 is 0 Å². The van der Waals surface area contributed by atoms with Gasteiger partial charge < -0.3 is 14.9 Å². The first-order valence-electron chi connectivity index (χ1n) is 9.00. The number of aliphatic hydroxyl groups is 1. The van der Waals surface area contributed by atoms with E-state index in [4.69, 9.17) is 4.52 Å². The van der Waals surface area contributed by atoms with E-state index < -0.39 is 0 Å². The molecule has 0 spiro atoms. The first kappa shape index (κ1) is 16.7. The molecule has 6 nitrogen and oxygen atoms in total. The van der Waals surface area contributed by atoms with Crippen molar-refractivity contribution < 1.29 is 9.63 Å². The number of hydrogen-bond acceptors (Lipinski definition) is 6. The van der Waals surface area contributed by atoms with Crippen LogP contribution in [-0.4, -0.2) is 32.4 Å². The van der Waals surface area contributed by atoms with E-state index in [1.54, 1.807) is 6.20 Å². The third kappa shape index (κ3) is 3.60. The molecular weight excluding hydrogens is 328 g/mol. The summed E-state index contributed by atoms with van der Waals surface area (Å²) < 4.78 is 5.41. The fourth-order valence-corrected chi connectivity index (χ4v) is 3.31. The van der Waals surface area contributed by atoms with E-state index in [9.17, 15) is 5.11 Å². The maximum Gasteiger partial charge on any atom is 0.259 e. The van der Waals surface area contributed by atoms with E-state index in [-0.39, 0.29) is 6.10 Å². The second kappa shape index (κ2) is 7.25. The third-order valence-corrected chi connectivity index (χ3v) is 4.87. The standard InChI is InChI=1S/C20H22N4O2/c1-13-4-2-3-5-17(13)19-23-20(26-24-19)14-6-11-18(21-12-14)22-15-7-9-16(25)10-8-15/h2-6,11-12,15-16,25H,7-10H2,1H3,(H,21,22). The van der Waals surface area contributed by atoms with Crippen molar-refractivity contribution in [3.63, 3.8) is 0 Å². The van der Waals surface area contributed by atoms with Crippen molar-refractivity contribution in [2.75, 3.05) is 5.32 Å². The van der Waals surface area contributed by atoms with Crippen LogP contribution < -0.4 is 5.32 Å². The number of rotatable bonds is 4. The zero-order chi connectivity index (χ0) is 17.9. The SMILES string of the molecule is Cc1ccccc1-c1noc(-c2ccc(NC3CCC(O)CC3)nc2)n1. The minimum absolute atomic E-state index is 0.150. The van der Waals surface area contributed by atoms with Gasteiger partial charge in [0.15, 0.2) is 0 Å². The summed E-state index contributed by atoms with van der Waals surface area (Å²) >= 11 is 0. The van der Waals surface area contributed by atoms with Gasteiger partial charge in [-0.25, -0.2) is 4.98 Å². The van der Waals surface area contributed by atoms with Crippen molar-refractivity contribution in [1.29, 1.82) is 0 Å². The predicted octanol–water partition coefficient (Wildman–Crippen LogP) is 3.82. The van der Waals surface area contributed by atoms with Gasteiger partial charge in [0.2, 0.25) is 5.82 Å². The highest BCUT2D eigenvalue weighted by molar-refractivity contribution is 5.62. The van der Waals surface area contributed by atoms with E-state index in [1.165, 1.54) is 0 Å². The van der Waals surface area contributed by atoms with E-state index in [0.29, 0.717) is 17.8 Å². The first-order valence-corrected chi connectivity index (χ1v) is 9.00. The molecule has 4 rings (SSSR count). The number of pyridine rings is 1. The third-order valence-electron chi connectivity index (χ3n) is 4.87. The van der Waals surface area contributed by atoms with E-state index in [2.05, 4.69) is 20.4 Å². The smallest absolute Gasteiger partial charge is 0.259 e. The molecule has 1 aliphatic carbocycles. The lowest BCUT2D eigenvalue weighted by Gasteiger charge is -2.26. The molecule has 0 bridgehead atoms. The molecule has 134 valence electrons. The lowest BCUT2D eigenvalue weighted by molar-refractivity contribution is 0.126. The van der Waals surface area contributed by atoms with Crippen LogP contribution in [0.4, 0.5) is 5.82 Å². The quantitative estimate of drug-likeness (QED) is 0.744. The summed E-state index contributed by atoms with van der Waals surface area (Å²) in [7, 11) is 0. The summed E-state index contributed by atoms with van der Waals surface area (Å²) in [4.78, 5) is 8.97. The maximum atomic E-state index is 9.59. The molecule has 6 heteroatoms. The Kier molecular flexibility index (Phi) is 4.67. The van der Waals surface area contributed by atoms with Gasteiger partial charge in [-0.1, -0.05) is 29.4 Å². The van der Waals surface area contributed by atoms with Gasteiger partial charge in [0, 0.05) is 17.8 Å². The predicted molar refractivity (Wildman–Crippen MR) is 99.6 cm³/mol. The van der Waals surface area contributed by atoms with Crippen LogP contribution in [-0.2, 0) is 0 Å². The molecule has 0 amide bonds. The van der Waals surface area contributed by atoms with Crippen molar-refractivity contribution in [3.8, 4) is 22.8 Å². The van der Waals surface area contributed by atoms with Crippen LogP contribution in [0, 0.1) is 6.92 Å². The topological polar surface area (TPSA) is 84.1 Å². The molecule has 0 radical (unpaired) electrons. The second-order valence-electron chi connectivity index (χ2n) is 6.82. The Morgan fingerprint density at radius 3 is 2.62 bits per heavy atom. The molecule has 0 atom stereocenters. The number of hydrogen-bond donors (Lipinski definition) is 2. The average molecular weight is 350 g/mol. The van der Waals surface area contributed by atoms with E-state index >= 15 is 0 Å². The van der Waals surface area contributed by atoms with E-state index in [1.807, 2.05) is 43.3 Å². The lowest BCUT2D eigenvalue weighted by Crippen LogP contribution is -2.28. The Morgan fingerprint density at radius 2 is 1.88 bits per heavy atom. The summed E-state index contributed by atoms with van der Waals surface area (Å²) in [6, 6.07) is 12.2. The minimum atomic E-state index is -0.150. The number of aliphatic hydroxyl groups excluding tert-OH is 1. The maximum absolute atomic E-state index is 9.59. The molecular formula is C20H22N4O2. The summed E-state index contributed by atoms with van der Waals surface area (Å²) in [6.07, 6.45) is 5.22. The van der Waals surface area contributed by atoms with Crippen LogP contribution in [0.2, 0.25) is 0 Å². The van der Waals surface area contributed by atoms with Crippen molar-refractivity contribution >= 4 is 5.82 Å². The van der Waals surface area contributed by atoms with Crippen LogP contribution in [0.15, 0.2) is 47.1 Å². The van der Waals surface area contributed by atoms with Crippen molar-refractivity contribution in [1.82, 2.24) is 15.1 Å². The summed E-state index contributed by atoms with van der Waals surface area (Å²) in [5.74, 6) is 1.87. The molecule has 2 heterocycles. The first-order chi connectivity index (χ1) is 12.7. The van der Waals surface area contributed by atoms with Gasteiger partial charge in [-0.15, -0.1) is 0 Å². The van der Waals surface area contributed by atoms with Gasteiger partial charge in [-0.05, 0) is 50.3 Å². The van der Waals surface area contributed by atoms with Crippen LogP contribution in [0.3, 0.4) is 0 Å². The summed E-state index contributed by atoms with van der Waals surface area (Å²) in [6.45, 7) is 2.03. The van der Waals surface area contributed by atoms with Crippen LogP contribution in [0.5, 0.6) is 0 Å². The van der Waals surface area contributed by atoms with Crippen molar-refractivity contribution in [3.05, 3.63) is 48.2 Å². The molecule has 2 aromatic heterocycles. The largest absolute Gasteiger partial charge is 0.393 e. The Balaban J connectivity index is 1.47. The van der Waals surface area contributed by atoms with Gasteiger partial charge in [0.1, 0.15) is 5.82 Å². The zero-order valence-corrected chi connectivity index (χ0v) is 14.7. The molecule has 0 unspecified atom stereocenters. The Bertz CT molecular complexity index is 868. The zero-order valence-electron chi connectivity index (χ0n) is 14.7. The molecule has 26 heavy (non-hydrogen) atoms. The highest BCUT2D eigenvalue weighted by Crippen LogP contribution is 2.25. The number of nitrogens with one attached hydrogen (secondary N) is 1. The second-order valence-corrected chi connectivity index (χ2v) is 6.82. The van der Waals surface area contributed by atoms with Gasteiger partial charge >= 0.3 is 0 Å². The summed E-state index contributed by atoms with van der Waals surface area (Å²) in [5, 5.41) is 17.1. The van der Waals surface area contributed by atoms with Gasteiger partial charge in [-0.2, -0.15) is 4.98 Å². The minimum Gasteiger partial charge on any atom is -0.393 e. The number of aryl methyl sites for hydroxylation is 1. The average Bonchev–Trinajstić information content (AvgIpc) is 3.14. The molecule has 2 N–H and O–H groups in total. The molecule has 1 aromatic carbocycles. The molecule has 1 saturated carbocycles. The molecule has 1 fully saturated rings.